The van der Waals surface area contributed by atoms with Crippen molar-refractivity contribution in [2.45, 2.75) is 47.5 Å². The first-order valence-electron chi connectivity index (χ1n) is 5.17. The summed E-state index contributed by atoms with van der Waals surface area (Å²) in [4.78, 5) is 4.53. The Morgan fingerprint density at radius 3 is 2.15 bits per heavy atom. The Labute approximate surface area is 82.0 Å². The number of allylic oxidation sites excluding steroid dienone is 1. The Morgan fingerprint density at radius 2 is 1.85 bits per heavy atom. The van der Waals surface area contributed by atoms with Crippen LogP contribution in [0, 0.1) is 11.3 Å². The average Bonchev–Trinajstić information content (AvgIpc) is 2.03. The van der Waals surface area contributed by atoms with Crippen molar-refractivity contribution in [3.8, 4) is 0 Å². The van der Waals surface area contributed by atoms with Gasteiger partial charge in [-0.3, -0.25) is 4.99 Å². The second-order valence-corrected chi connectivity index (χ2v) is 5.18. The van der Waals surface area contributed by atoms with Crippen LogP contribution in [0.15, 0.2) is 16.8 Å². The Hall–Kier alpha value is -0.590. The molecule has 0 aromatic heterocycles. The molecule has 0 radical (unpaired) electrons. The fourth-order valence-electron chi connectivity index (χ4n) is 1.56. The zero-order valence-electron chi connectivity index (χ0n) is 9.52. The Balaban J connectivity index is 2.77. The van der Waals surface area contributed by atoms with Gasteiger partial charge < -0.3 is 0 Å². The van der Waals surface area contributed by atoms with Gasteiger partial charge in [0.25, 0.3) is 0 Å². The molecule has 1 heterocycles. The minimum absolute atomic E-state index is 0.298. The van der Waals surface area contributed by atoms with Gasteiger partial charge in [0.15, 0.2) is 0 Å². The molecule has 1 rings (SSSR count). The van der Waals surface area contributed by atoms with E-state index < -0.39 is 0 Å². The van der Waals surface area contributed by atoms with Crippen LogP contribution in [0.1, 0.15) is 47.5 Å². The lowest BCUT2D eigenvalue weighted by atomic mass is 9.82. The summed E-state index contributed by atoms with van der Waals surface area (Å²) in [5.74, 6) is 0.609. The zero-order chi connectivity index (χ0) is 10.1. The van der Waals surface area contributed by atoms with E-state index in [9.17, 15) is 0 Å². The minimum Gasteiger partial charge on any atom is -0.265 e. The van der Waals surface area contributed by atoms with E-state index in [1.54, 1.807) is 0 Å². The molecule has 0 bridgehead atoms. The van der Waals surface area contributed by atoms with Crippen LogP contribution in [0.2, 0.25) is 0 Å². The molecule has 1 heteroatoms. The van der Waals surface area contributed by atoms with Crippen LogP contribution in [-0.2, 0) is 0 Å². The minimum atomic E-state index is 0.298. The fraction of sp³-hybridized carbons (Fsp3) is 0.750. The van der Waals surface area contributed by atoms with E-state index in [-0.39, 0.29) is 0 Å². The summed E-state index contributed by atoms with van der Waals surface area (Å²) in [5.41, 5.74) is 3.14. The molecule has 74 valence electrons. The monoisotopic (exact) mass is 179 g/mol. The third kappa shape index (κ3) is 2.68. The standard InChI is InChI=1S/C12H21N/c1-9(2)11-7-6-10(8-13-11)12(3,4)5/h8-9H,6-7H2,1-5H3. The van der Waals surface area contributed by atoms with Crippen molar-refractivity contribution in [3.63, 3.8) is 0 Å². The second-order valence-electron chi connectivity index (χ2n) is 5.18. The average molecular weight is 179 g/mol. The van der Waals surface area contributed by atoms with Crippen molar-refractivity contribution in [1.82, 2.24) is 0 Å². The number of rotatable bonds is 1. The molecule has 0 amide bonds. The number of hydrogen-bond acceptors (Lipinski definition) is 1. The molecule has 1 aliphatic heterocycles. The van der Waals surface area contributed by atoms with E-state index in [1.807, 2.05) is 0 Å². The second kappa shape index (κ2) is 3.65. The summed E-state index contributed by atoms with van der Waals surface area (Å²) in [6.45, 7) is 11.2. The van der Waals surface area contributed by atoms with Gasteiger partial charge >= 0.3 is 0 Å². The van der Waals surface area contributed by atoms with Crippen molar-refractivity contribution in [1.29, 1.82) is 0 Å². The number of nitrogens with zero attached hydrogens (tertiary/aromatic N) is 1. The van der Waals surface area contributed by atoms with Crippen LogP contribution >= 0.6 is 0 Å². The van der Waals surface area contributed by atoms with Gasteiger partial charge in [0.05, 0.1) is 0 Å². The molecule has 1 nitrogen and oxygen atoms in total. The van der Waals surface area contributed by atoms with Gasteiger partial charge in [0.1, 0.15) is 0 Å². The lowest BCUT2D eigenvalue weighted by Gasteiger charge is -2.26. The molecule has 0 spiro atoms. The quantitative estimate of drug-likeness (QED) is 0.580. The van der Waals surface area contributed by atoms with Crippen LogP contribution in [0.3, 0.4) is 0 Å². The molecule has 0 N–H and O–H groups in total. The van der Waals surface area contributed by atoms with Gasteiger partial charge in [-0.1, -0.05) is 34.6 Å². The molecular formula is C12H21N. The molecule has 1 aliphatic rings. The highest BCUT2D eigenvalue weighted by molar-refractivity contribution is 5.87. The van der Waals surface area contributed by atoms with Crippen LogP contribution in [0.4, 0.5) is 0 Å². The zero-order valence-corrected chi connectivity index (χ0v) is 9.52. The normalized spacial score (nSPS) is 18.6. The lowest BCUT2D eigenvalue weighted by molar-refractivity contribution is 0.479. The molecular weight excluding hydrogens is 158 g/mol. The first-order chi connectivity index (χ1) is 5.91. The Morgan fingerprint density at radius 1 is 1.23 bits per heavy atom. The largest absolute Gasteiger partial charge is 0.265 e. The van der Waals surface area contributed by atoms with E-state index in [2.05, 4.69) is 45.8 Å². The third-order valence-electron chi connectivity index (χ3n) is 2.67. The Kier molecular flexibility index (Phi) is 2.94. The summed E-state index contributed by atoms with van der Waals surface area (Å²) < 4.78 is 0. The third-order valence-corrected chi connectivity index (χ3v) is 2.67. The molecule has 0 fully saturated rings. The molecule has 0 atom stereocenters. The maximum Gasteiger partial charge on any atom is 0.0264 e. The van der Waals surface area contributed by atoms with E-state index in [4.69, 9.17) is 0 Å². The topological polar surface area (TPSA) is 12.4 Å². The number of hydrogen-bond donors (Lipinski definition) is 0. The molecule has 0 aromatic rings. The highest BCUT2D eigenvalue weighted by Crippen LogP contribution is 2.31. The highest BCUT2D eigenvalue weighted by atomic mass is 14.7. The van der Waals surface area contributed by atoms with Gasteiger partial charge in [-0.25, -0.2) is 0 Å². The summed E-state index contributed by atoms with van der Waals surface area (Å²) >= 11 is 0. The van der Waals surface area contributed by atoms with Crippen molar-refractivity contribution >= 4 is 5.71 Å². The molecule has 0 saturated heterocycles. The van der Waals surface area contributed by atoms with Crippen LogP contribution in [0.25, 0.3) is 0 Å². The maximum absolute atomic E-state index is 4.53. The first-order valence-corrected chi connectivity index (χ1v) is 5.17. The summed E-state index contributed by atoms with van der Waals surface area (Å²) in [6, 6.07) is 0. The van der Waals surface area contributed by atoms with Crippen molar-refractivity contribution in [3.05, 3.63) is 11.8 Å². The molecule has 0 saturated carbocycles. The molecule has 0 aliphatic carbocycles. The smallest absolute Gasteiger partial charge is 0.0264 e. The van der Waals surface area contributed by atoms with Crippen LogP contribution in [-0.4, -0.2) is 5.71 Å². The van der Waals surface area contributed by atoms with E-state index in [0.29, 0.717) is 11.3 Å². The van der Waals surface area contributed by atoms with Crippen molar-refractivity contribution < 1.29 is 0 Å². The predicted molar refractivity (Wildman–Crippen MR) is 59.0 cm³/mol. The van der Waals surface area contributed by atoms with Gasteiger partial charge in [0.2, 0.25) is 0 Å². The maximum atomic E-state index is 4.53. The summed E-state index contributed by atoms with van der Waals surface area (Å²) in [6.07, 6.45) is 4.43. The summed E-state index contributed by atoms with van der Waals surface area (Å²) in [7, 11) is 0. The van der Waals surface area contributed by atoms with Crippen molar-refractivity contribution in [2.24, 2.45) is 16.3 Å². The molecule has 0 unspecified atom stereocenters. The van der Waals surface area contributed by atoms with Crippen LogP contribution in [0.5, 0.6) is 0 Å². The predicted octanol–water partition coefficient (Wildman–Crippen LogP) is 3.81. The van der Waals surface area contributed by atoms with E-state index in [0.717, 1.165) is 6.42 Å². The lowest BCUT2D eigenvalue weighted by Crippen LogP contribution is -2.16. The SMILES string of the molecule is CC(C)C1=NC=C(C(C)(C)C)CC1. The molecule has 0 aromatic carbocycles. The van der Waals surface area contributed by atoms with Gasteiger partial charge in [-0.2, -0.15) is 0 Å². The first kappa shape index (κ1) is 10.5. The Bertz CT molecular complexity index is 238. The van der Waals surface area contributed by atoms with Gasteiger partial charge in [-0.05, 0) is 29.7 Å². The van der Waals surface area contributed by atoms with Crippen molar-refractivity contribution in [2.75, 3.05) is 0 Å². The highest BCUT2D eigenvalue weighted by Gasteiger charge is 2.20. The fourth-order valence-corrected chi connectivity index (χ4v) is 1.56. The molecule has 13 heavy (non-hydrogen) atoms. The number of aliphatic imine (C=N–C) groups is 1. The van der Waals surface area contributed by atoms with E-state index in [1.165, 1.54) is 17.7 Å². The van der Waals surface area contributed by atoms with Crippen LogP contribution < -0.4 is 0 Å². The van der Waals surface area contributed by atoms with Gasteiger partial charge in [0, 0.05) is 11.9 Å². The summed E-state index contributed by atoms with van der Waals surface area (Å²) in [5, 5.41) is 0. The van der Waals surface area contributed by atoms with E-state index >= 15 is 0 Å². The van der Waals surface area contributed by atoms with Gasteiger partial charge in [-0.15, -0.1) is 0 Å².